The molecular weight excluding hydrogens is 326 g/mol. The fraction of sp³-hybridized carbons (Fsp3) is 0.381. The number of nitrogens with one attached hydrogen (secondary N) is 1. The molecule has 0 bridgehead atoms. The van der Waals surface area contributed by atoms with Crippen molar-refractivity contribution < 1.29 is 9.47 Å². The van der Waals surface area contributed by atoms with E-state index in [0.717, 1.165) is 56.1 Å². The molecule has 0 saturated carbocycles. The van der Waals surface area contributed by atoms with Gasteiger partial charge in [-0.25, -0.2) is 4.98 Å². The first-order chi connectivity index (χ1) is 12.8. The van der Waals surface area contributed by atoms with Gasteiger partial charge in [-0.3, -0.25) is 4.90 Å². The van der Waals surface area contributed by atoms with E-state index in [1.165, 1.54) is 0 Å². The number of rotatable bonds is 6. The van der Waals surface area contributed by atoms with E-state index in [2.05, 4.69) is 33.1 Å². The minimum absolute atomic E-state index is 0.592. The van der Waals surface area contributed by atoms with Crippen LogP contribution in [-0.2, 0) is 11.3 Å². The SMILES string of the molecule is CNCc1cc(C#CCCN2CCOCC2)ccc1Oc1ccccn1. The van der Waals surface area contributed by atoms with Gasteiger partial charge in [-0.15, -0.1) is 0 Å². The van der Waals surface area contributed by atoms with Crippen molar-refractivity contribution in [1.82, 2.24) is 15.2 Å². The second-order valence-electron chi connectivity index (χ2n) is 6.13. The maximum absolute atomic E-state index is 5.90. The van der Waals surface area contributed by atoms with Gasteiger partial charge in [-0.05, 0) is 31.3 Å². The summed E-state index contributed by atoms with van der Waals surface area (Å²) in [5.74, 6) is 7.94. The van der Waals surface area contributed by atoms with E-state index in [1.54, 1.807) is 6.20 Å². The highest BCUT2D eigenvalue weighted by atomic mass is 16.5. The number of benzene rings is 1. The molecule has 1 saturated heterocycles. The van der Waals surface area contributed by atoms with Gasteiger partial charge >= 0.3 is 0 Å². The standard InChI is InChI=1S/C21H25N3O2/c1-22-17-19-16-18(6-3-5-11-24-12-14-25-15-13-24)8-9-20(19)26-21-7-2-4-10-23-21/h2,4,7-10,16,22H,5,11-15,17H2,1H3. The average molecular weight is 351 g/mol. The lowest BCUT2D eigenvalue weighted by atomic mass is 10.1. The molecule has 0 atom stereocenters. The molecule has 0 radical (unpaired) electrons. The molecule has 1 aliphatic rings. The molecule has 26 heavy (non-hydrogen) atoms. The third kappa shape index (κ3) is 5.57. The van der Waals surface area contributed by atoms with Crippen LogP contribution in [0.5, 0.6) is 11.6 Å². The van der Waals surface area contributed by atoms with Crippen molar-refractivity contribution in [2.45, 2.75) is 13.0 Å². The van der Waals surface area contributed by atoms with Gasteiger partial charge in [-0.1, -0.05) is 17.9 Å². The van der Waals surface area contributed by atoms with Crippen LogP contribution in [0.15, 0.2) is 42.6 Å². The molecule has 1 N–H and O–H groups in total. The molecule has 0 amide bonds. The first-order valence-electron chi connectivity index (χ1n) is 9.00. The zero-order valence-corrected chi connectivity index (χ0v) is 15.2. The minimum atomic E-state index is 0.592. The molecule has 0 spiro atoms. The van der Waals surface area contributed by atoms with Gasteiger partial charge in [0.2, 0.25) is 5.88 Å². The predicted molar refractivity (Wildman–Crippen MR) is 102 cm³/mol. The highest BCUT2D eigenvalue weighted by molar-refractivity contribution is 5.45. The Morgan fingerprint density at radius 3 is 2.88 bits per heavy atom. The average Bonchev–Trinajstić information content (AvgIpc) is 2.69. The molecule has 2 heterocycles. The molecule has 0 aliphatic carbocycles. The zero-order valence-electron chi connectivity index (χ0n) is 15.2. The Morgan fingerprint density at radius 1 is 1.23 bits per heavy atom. The van der Waals surface area contributed by atoms with Gasteiger partial charge in [0, 0.05) is 56.0 Å². The number of hydrogen-bond donors (Lipinski definition) is 1. The van der Waals surface area contributed by atoms with Crippen molar-refractivity contribution in [2.75, 3.05) is 39.9 Å². The van der Waals surface area contributed by atoms with Crippen LogP contribution in [0.25, 0.3) is 0 Å². The summed E-state index contributed by atoms with van der Waals surface area (Å²) >= 11 is 0. The quantitative estimate of drug-likeness (QED) is 0.811. The van der Waals surface area contributed by atoms with Crippen LogP contribution in [0.3, 0.4) is 0 Å². The van der Waals surface area contributed by atoms with Crippen molar-refractivity contribution in [3.05, 3.63) is 53.7 Å². The Morgan fingerprint density at radius 2 is 2.12 bits per heavy atom. The van der Waals surface area contributed by atoms with Crippen LogP contribution in [0, 0.1) is 11.8 Å². The van der Waals surface area contributed by atoms with Gasteiger partial charge in [0.15, 0.2) is 0 Å². The smallest absolute Gasteiger partial charge is 0.219 e. The zero-order chi connectivity index (χ0) is 18.0. The summed E-state index contributed by atoms with van der Waals surface area (Å²) in [6.07, 6.45) is 2.59. The first-order valence-corrected chi connectivity index (χ1v) is 9.00. The normalized spacial score (nSPS) is 14.5. The van der Waals surface area contributed by atoms with Crippen LogP contribution in [0.2, 0.25) is 0 Å². The van der Waals surface area contributed by atoms with Crippen LogP contribution in [-0.4, -0.2) is 49.8 Å². The number of pyridine rings is 1. The lowest BCUT2D eigenvalue weighted by molar-refractivity contribution is 0.0390. The Hall–Kier alpha value is -2.39. The van der Waals surface area contributed by atoms with E-state index in [0.29, 0.717) is 12.4 Å². The van der Waals surface area contributed by atoms with E-state index in [4.69, 9.17) is 9.47 Å². The van der Waals surface area contributed by atoms with E-state index in [9.17, 15) is 0 Å². The van der Waals surface area contributed by atoms with Gasteiger partial charge in [0.05, 0.1) is 13.2 Å². The largest absolute Gasteiger partial charge is 0.439 e. The highest BCUT2D eigenvalue weighted by Gasteiger charge is 2.08. The van der Waals surface area contributed by atoms with Gasteiger partial charge in [0.25, 0.3) is 0 Å². The summed E-state index contributed by atoms with van der Waals surface area (Å²) in [6, 6.07) is 11.7. The molecule has 1 aromatic heterocycles. The monoisotopic (exact) mass is 351 g/mol. The molecule has 1 fully saturated rings. The van der Waals surface area contributed by atoms with Crippen LogP contribution < -0.4 is 10.1 Å². The van der Waals surface area contributed by atoms with E-state index < -0.39 is 0 Å². The van der Waals surface area contributed by atoms with Crippen molar-refractivity contribution >= 4 is 0 Å². The van der Waals surface area contributed by atoms with E-state index in [-0.39, 0.29) is 0 Å². The number of aromatic nitrogens is 1. The molecule has 136 valence electrons. The summed E-state index contributed by atoms with van der Waals surface area (Å²) < 4.78 is 11.3. The number of ether oxygens (including phenoxy) is 2. The van der Waals surface area contributed by atoms with Gasteiger partial charge in [0.1, 0.15) is 5.75 Å². The van der Waals surface area contributed by atoms with Crippen molar-refractivity contribution in [2.24, 2.45) is 0 Å². The Balaban J connectivity index is 1.63. The molecule has 1 aliphatic heterocycles. The maximum atomic E-state index is 5.90. The fourth-order valence-electron chi connectivity index (χ4n) is 2.81. The third-order valence-electron chi connectivity index (χ3n) is 4.17. The third-order valence-corrected chi connectivity index (χ3v) is 4.17. The number of nitrogens with zero attached hydrogens (tertiary/aromatic N) is 2. The second-order valence-corrected chi connectivity index (χ2v) is 6.13. The molecule has 1 aromatic carbocycles. The molecule has 3 rings (SSSR count). The van der Waals surface area contributed by atoms with E-state index >= 15 is 0 Å². The molecule has 0 unspecified atom stereocenters. The topological polar surface area (TPSA) is 46.6 Å². The van der Waals surface area contributed by atoms with Crippen LogP contribution in [0.4, 0.5) is 0 Å². The Bertz CT molecular complexity index is 747. The van der Waals surface area contributed by atoms with Gasteiger partial charge in [-0.2, -0.15) is 0 Å². The number of morpholine rings is 1. The van der Waals surface area contributed by atoms with Gasteiger partial charge < -0.3 is 14.8 Å². The predicted octanol–water partition coefficient (Wildman–Crippen LogP) is 2.67. The number of hydrogen-bond acceptors (Lipinski definition) is 5. The summed E-state index contributed by atoms with van der Waals surface area (Å²) in [7, 11) is 1.92. The Kier molecular flexibility index (Phi) is 7.03. The lowest BCUT2D eigenvalue weighted by Gasteiger charge is -2.25. The minimum Gasteiger partial charge on any atom is -0.439 e. The second kappa shape index (κ2) is 9.93. The molecule has 5 nitrogen and oxygen atoms in total. The van der Waals surface area contributed by atoms with E-state index in [1.807, 2.05) is 37.4 Å². The molecule has 5 heteroatoms. The van der Waals surface area contributed by atoms with Crippen LogP contribution >= 0.6 is 0 Å². The lowest BCUT2D eigenvalue weighted by Crippen LogP contribution is -2.36. The fourth-order valence-corrected chi connectivity index (χ4v) is 2.81. The van der Waals surface area contributed by atoms with Crippen molar-refractivity contribution in [1.29, 1.82) is 0 Å². The molecule has 2 aromatic rings. The summed E-state index contributed by atoms with van der Waals surface area (Å²) in [4.78, 5) is 6.62. The summed E-state index contributed by atoms with van der Waals surface area (Å²) in [5, 5.41) is 3.18. The van der Waals surface area contributed by atoms with Crippen LogP contribution in [0.1, 0.15) is 17.5 Å². The maximum Gasteiger partial charge on any atom is 0.219 e. The van der Waals surface area contributed by atoms with Crippen molar-refractivity contribution in [3.8, 4) is 23.5 Å². The summed E-state index contributed by atoms with van der Waals surface area (Å²) in [5.41, 5.74) is 2.07. The van der Waals surface area contributed by atoms with Crippen molar-refractivity contribution in [3.63, 3.8) is 0 Å². The first kappa shape index (κ1) is 18.4. The summed E-state index contributed by atoms with van der Waals surface area (Å²) in [6.45, 7) is 5.39. The Labute approximate surface area is 155 Å². The highest BCUT2D eigenvalue weighted by Crippen LogP contribution is 2.24. The molecular formula is C21H25N3O2.